The van der Waals surface area contributed by atoms with E-state index in [1.807, 2.05) is 0 Å². The molecule has 30 heavy (non-hydrogen) atoms. The van der Waals surface area contributed by atoms with E-state index >= 15 is 0 Å². The molecule has 0 aliphatic heterocycles. The quantitative estimate of drug-likeness (QED) is 0.450. The number of aromatic nitrogens is 4. The molecule has 0 atom stereocenters. The average Bonchev–Trinajstić information content (AvgIpc) is 3.34. The van der Waals surface area contributed by atoms with Gasteiger partial charge in [-0.15, -0.1) is 0 Å². The minimum Gasteiger partial charge on any atom is -0.483 e. The predicted molar refractivity (Wildman–Crippen MR) is 91.4 cm³/mol. The number of aromatic amines is 1. The number of hydrogen-bond acceptors (Lipinski definition) is 5. The van der Waals surface area contributed by atoms with Gasteiger partial charge in [-0.2, -0.15) is 31.3 Å². The van der Waals surface area contributed by atoms with Crippen LogP contribution in [-0.2, 0) is 6.18 Å². The van der Waals surface area contributed by atoms with Gasteiger partial charge in [0.2, 0.25) is 5.82 Å². The summed E-state index contributed by atoms with van der Waals surface area (Å²) in [6.07, 6.45) is -6.59. The number of H-pyrrole nitrogens is 1. The van der Waals surface area contributed by atoms with Gasteiger partial charge in [-0.05, 0) is 30.3 Å². The molecule has 0 aliphatic carbocycles. The molecule has 156 valence electrons. The van der Waals surface area contributed by atoms with Crippen LogP contribution in [0.3, 0.4) is 0 Å². The zero-order valence-corrected chi connectivity index (χ0v) is 14.7. The first-order chi connectivity index (χ1) is 14.1. The van der Waals surface area contributed by atoms with E-state index in [2.05, 4.69) is 24.8 Å². The second-order valence-corrected chi connectivity index (χ2v) is 6.13. The third kappa shape index (κ3) is 3.93. The lowest BCUT2D eigenvalue weighted by atomic mass is 10.1. The van der Waals surface area contributed by atoms with Crippen molar-refractivity contribution in [3.63, 3.8) is 0 Å². The second kappa shape index (κ2) is 7.04. The molecule has 3 heterocycles. The van der Waals surface area contributed by atoms with Gasteiger partial charge < -0.3 is 14.2 Å². The fourth-order valence-corrected chi connectivity index (χ4v) is 2.78. The van der Waals surface area contributed by atoms with Gasteiger partial charge in [0.25, 0.3) is 5.89 Å². The minimum atomic E-state index is -4.96. The van der Waals surface area contributed by atoms with Crippen LogP contribution in [0.15, 0.2) is 47.2 Å². The number of nitrogens with zero attached hydrogens (tertiary/aromatic N) is 3. The van der Waals surface area contributed by atoms with E-state index < -0.39 is 30.3 Å². The maximum Gasteiger partial charge on any atom is 0.422 e. The molecule has 0 unspecified atom stereocenters. The maximum atomic E-state index is 13.3. The van der Waals surface area contributed by atoms with Crippen molar-refractivity contribution in [1.29, 1.82) is 0 Å². The fraction of sp³-hybridized carbons (Fsp3) is 0.167. The van der Waals surface area contributed by atoms with Crippen LogP contribution in [0.4, 0.5) is 26.3 Å². The van der Waals surface area contributed by atoms with Crippen LogP contribution in [0.2, 0.25) is 0 Å². The summed E-state index contributed by atoms with van der Waals surface area (Å²) in [5, 5.41) is 4.46. The van der Waals surface area contributed by atoms with E-state index in [-0.39, 0.29) is 17.3 Å². The summed E-state index contributed by atoms with van der Waals surface area (Å²) < 4.78 is 86.3. The SMILES string of the molecule is FC(F)(F)COc1ccc(-c2nc(-c3ccnc4[nH]ccc34)no2)cc1C(F)(F)F. The number of rotatable bonds is 4. The first-order valence-corrected chi connectivity index (χ1v) is 8.29. The van der Waals surface area contributed by atoms with Crippen molar-refractivity contribution in [2.24, 2.45) is 0 Å². The highest BCUT2D eigenvalue weighted by atomic mass is 19.4. The summed E-state index contributed by atoms with van der Waals surface area (Å²) in [7, 11) is 0. The van der Waals surface area contributed by atoms with Gasteiger partial charge in [-0.3, -0.25) is 0 Å². The van der Waals surface area contributed by atoms with E-state index in [4.69, 9.17) is 4.52 Å². The van der Waals surface area contributed by atoms with Crippen molar-refractivity contribution in [3.05, 3.63) is 48.3 Å². The van der Waals surface area contributed by atoms with E-state index in [1.54, 1.807) is 18.3 Å². The molecule has 0 saturated heterocycles. The Morgan fingerprint density at radius 2 is 1.83 bits per heavy atom. The van der Waals surface area contributed by atoms with Crippen molar-refractivity contribution in [1.82, 2.24) is 20.1 Å². The predicted octanol–water partition coefficient (Wildman–Crippen LogP) is 5.24. The lowest BCUT2D eigenvalue weighted by molar-refractivity contribution is -0.158. The maximum absolute atomic E-state index is 13.3. The van der Waals surface area contributed by atoms with E-state index in [9.17, 15) is 26.3 Å². The van der Waals surface area contributed by atoms with Crippen LogP contribution in [0.5, 0.6) is 5.75 Å². The highest BCUT2D eigenvalue weighted by molar-refractivity contribution is 5.90. The largest absolute Gasteiger partial charge is 0.483 e. The minimum absolute atomic E-state index is 0.114. The van der Waals surface area contributed by atoms with Crippen molar-refractivity contribution >= 4 is 11.0 Å². The molecular formula is C18H10F6N4O2. The molecule has 4 aromatic rings. The summed E-state index contributed by atoms with van der Waals surface area (Å²) in [6, 6.07) is 5.82. The second-order valence-electron chi connectivity index (χ2n) is 6.13. The van der Waals surface area contributed by atoms with Gasteiger partial charge in [0.15, 0.2) is 6.61 Å². The lowest BCUT2D eigenvalue weighted by Crippen LogP contribution is -2.20. The van der Waals surface area contributed by atoms with Crippen molar-refractivity contribution in [2.75, 3.05) is 6.61 Å². The molecule has 0 spiro atoms. The van der Waals surface area contributed by atoms with Gasteiger partial charge in [-0.25, -0.2) is 4.98 Å². The average molecular weight is 428 g/mol. The number of hydrogen-bond donors (Lipinski definition) is 1. The Labute approximate surface area is 163 Å². The molecule has 0 fully saturated rings. The number of fused-ring (bicyclic) bond motifs is 1. The lowest BCUT2D eigenvalue weighted by Gasteiger charge is -2.15. The van der Waals surface area contributed by atoms with Crippen LogP contribution < -0.4 is 4.74 Å². The number of nitrogens with one attached hydrogen (secondary N) is 1. The fourth-order valence-electron chi connectivity index (χ4n) is 2.78. The Kier molecular flexibility index (Phi) is 4.63. The van der Waals surface area contributed by atoms with E-state index in [0.29, 0.717) is 22.7 Å². The molecule has 0 bridgehead atoms. The highest BCUT2D eigenvalue weighted by Crippen LogP contribution is 2.39. The first-order valence-electron chi connectivity index (χ1n) is 8.29. The van der Waals surface area contributed by atoms with Gasteiger partial charge in [0.05, 0.1) is 5.56 Å². The normalized spacial score (nSPS) is 12.5. The number of benzene rings is 1. The smallest absolute Gasteiger partial charge is 0.422 e. The van der Waals surface area contributed by atoms with Crippen LogP contribution in [0, 0.1) is 0 Å². The molecule has 1 N–H and O–H groups in total. The third-order valence-corrected chi connectivity index (χ3v) is 4.05. The van der Waals surface area contributed by atoms with Crippen molar-refractivity contribution in [2.45, 2.75) is 12.4 Å². The Morgan fingerprint density at radius 3 is 2.57 bits per heavy atom. The molecule has 6 nitrogen and oxygen atoms in total. The summed E-state index contributed by atoms with van der Waals surface area (Å²) in [4.78, 5) is 11.1. The van der Waals surface area contributed by atoms with Crippen LogP contribution >= 0.6 is 0 Å². The molecule has 3 aromatic heterocycles. The monoisotopic (exact) mass is 428 g/mol. The van der Waals surface area contributed by atoms with Gasteiger partial charge >= 0.3 is 12.4 Å². The number of halogens is 6. The summed E-state index contributed by atoms with van der Waals surface area (Å²) >= 11 is 0. The molecular weight excluding hydrogens is 418 g/mol. The molecule has 0 aliphatic rings. The summed E-state index contributed by atoms with van der Waals surface area (Å²) in [5.41, 5.74) is -0.414. The molecule has 0 amide bonds. The molecule has 1 aromatic carbocycles. The standard InChI is InChI=1S/C18H10F6N4O2/c19-17(20,21)8-29-13-2-1-9(7-12(13)18(22,23)24)16-27-15(28-30-16)11-4-6-26-14-10(11)3-5-25-14/h1-7H,8H2,(H,25,26). The van der Waals surface area contributed by atoms with E-state index in [0.717, 1.165) is 12.1 Å². The molecule has 0 radical (unpaired) electrons. The Balaban J connectivity index is 1.70. The number of pyridine rings is 1. The zero-order chi connectivity index (χ0) is 21.5. The Bertz CT molecular complexity index is 1200. The van der Waals surface area contributed by atoms with Crippen LogP contribution in [0.1, 0.15) is 5.56 Å². The molecule has 0 saturated carbocycles. The number of ether oxygens (including phenoxy) is 1. The highest BCUT2D eigenvalue weighted by Gasteiger charge is 2.37. The summed E-state index contributed by atoms with van der Waals surface area (Å²) in [5.74, 6) is -1.08. The van der Waals surface area contributed by atoms with E-state index in [1.165, 1.54) is 6.20 Å². The van der Waals surface area contributed by atoms with Gasteiger partial charge in [-0.1, -0.05) is 5.16 Å². The van der Waals surface area contributed by atoms with Crippen molar-refractivity contribution in [3.8, 4) is 28.6 Å². The summed E-state index contributed by atoms with van der Waals surface area (Å²) in [6.45, 7) is -1.85. The zero-order valence-electron chi connectivity index (χ0n) is 14.7. The van der Waals surface area contributed by atoms with Crippen LogP contribution in [0.25, 0.3) is 33.9 Å². The molecule has 12 heteroatoms. The first kappa shape index (κ1) is 19.7. The Morgan fingerprint density at radius 1 is 1.03 bits per heavy atom. The number of alkyl halides is 6. The Hall–Kier alpha value is -3.57. The van der Waals surface area contributed by atoms with Crippen molar-refractivity contribution < 1.29 is 35.6 Å². The van der Waals surface area contributed by atoms with Gasteiger partial charge in [0, 0.05) is 28.9 Å². The topological polar surface area (TPSA) is 76.8 Å². The van der Waals surface area contributed by atoms with Gasteiger partial charge in [0.1, 0.15) is 11.4 Å². The van der Waals surface area contributed by atoms with Crippen LogP contribution in [-0.4, -0.2) is 32.9 Å². The molecule has 4 rings (SSSR count). The third-order valence-electron chi connectivity index (χ3n) is 4.05.